The highest BCUT2D eigenvalue weighted by molar-refractivity contribution is 5.90. The predicted octanol–water partition coefficient (Wildman–Crippen LogP) is 6.06. The van der Waals surface area contributed by atoms with Crippen molar-refractivity contribution in [1.29, 1.82) is 0 Å². The van der Waals surface area contributed by atoms with Crippen molar-refractivity contribution < 1.29 is 13.9 Å². The molecule has 0 bridgehead atoms. The molecule has 5 nitrogen and oxygen atoms in total. The van der Waals surface area contributed by atoms with Gasteiger partial charge >= 0.3 is 6.03 Å². The van der Waals surface area contributed by atoms with Gasteiger partial charge in [-0.2, -0.15) is 0 Å². The van der Waals surface area contributed by atoms with Gasteiger partial charge in [-0.15, -0.1) is 0 Å². The fourth-order valence-corrected chi connectivity index (χ4v) is 4.08. The molecule has 2 heterocycles. The van der Waals surface area contributed by atoms with E-state index >= 15 is 0 Å². The van der Waals surface area contributed by atoms with E-state index in [1.807, 2.05) is 72.9 Å². The van der Waals surface area contributed by atoms with Gasteiger partial charge in [-0.1, -0.05) is 42.5 Å². The molecular weight excluding hydrogens is 405 g/mol. The maximum Gasteiger partial charge on any atom is 0.322 e. The number of anilines is 1. The van der Waals surface area contributed by atoms with Crippen molar-refractivity contribution in [1.82, 2.24) is 9.47 Å². The monoisotopic (exact) mass is 427 g/mol. The zero-order valence-corrected chi connectivity index (χ0v) is 17.3. The van der Waals surface area contributed by atoms with Crippen LogP contribution in [0.2, 0.25) is 0 Å². The summed E-state index contributed by atoms with van der Waals surface area (Å²) in [6.45, 7) is 1.17. The first kappa shape index (κ1) is 19.9. The van der Waals surface area contributed by atoms with Crippen molar-refractivity contribution in [3.63, 3.8) is 0 Å². The third-order valence-corrected chi connectivity index (χ3v) is 5.57. The number of hydrogen-bond acceptors (Lipinski definition) is 2. The fraction of sp³-hybridized carbons (Fsp3) is 0.115. The summed E-state index contributed by atoms with van der Waals surface area (Å²) in [6.07, 6.45) is 2.01. The standard InChI is InChI=1S/C26H22FN3O2/c27-22-12-4-5-13-23(22)28-26(31)30-17-16-29-15-7-14-24(29)25(30)19-8-6-11-21(18-19)32-20-9-2-1-3-10-20/h1-15,18,25H,16-17H2,(H,28,31). The predicted molar refractivity (Wildman–Crippen MR) is 121 cm³/mol. The van der Waals surface area contributed by atoms with Gasteiger partial charge in [0, 0.05) is 25.0 Å². The van der Waals surface area contributed by atoms with Gasteiger partial charge in [0.1, 0.15) is 17.3 Å². The molecule has 160 valence electrons. The molecule has 1 aromatic heterocycles. The number of aromatic nitrogens is 1. The summed E-state index contributed by atoms with van der Waals surface area (Å²) >= 11 is 0. The number of carbonyl (C=O) groups excluding carboxylic acids is 1. The summed E-state index contributed by atoms with van der Waals surface area (Å²) in [6, 6.07) is 26.8. The molecule has 3 aromatic carbocycles. The number of para-hydroxylation sites is 2. The smallest absolute Gasteiger partial charge is 0.322 e. The number of fused-ring (bicyclic) bond motifs is 1. The van der Waals surface area contributed by atoms with E-state index < -0.39 is 5.82 Å². The van der Waals surface area contributed by atoms with Gasteiger partial charge in [0.25, 0.3) is 0 Å². The largest absolute Gasteiger partial charge is 0.457 e. The van der Waals surface area contributed by atoms with Crippen molar-refractivity contribution in [2.75, 3.05) is 11.9 Å². The van der Waals surface area contributed by atoms with Crippen molar-refractivity contribution >= 4 is 11.7 Å². The molecule has 1 atom stereocenters. The van der Waals surface area contributed by atoms with Crippen LogP contribution in [0, 0.1) is 5.82 Å². The van der Waals surface area contributed by atoms with E-state index in [4.69, 9.17) is 4.74 Å². The van der Waals surface area contributed by atoms with E-state index in [1.54, 1.807) is 23.1 Å². The second kappa shape index (κ2) is 8.59. The second-order valence-corrected chi connectivity index (χ2v) is 7.62. The Balaban J connectivity index is 1.47. The first-order chi connectivity index (χ1) is 15.7. The minimum Gasteiger partial charge on any atom is -0.457 e. The molecule has 0 fully saturated rings. The molecule has 1 unspecified atom stereocenters. The molecule has 5 rings (SSSR count). The molecule has 1 N–H and O–H groups in total. The van der Waals surface area contributed by atoms with E-state index in [1.165, 1.54) is 6.07 Å². The minimum absolute atomic E-state index is 0.165. The van der Waals surface area contributed by atoms with Crippen molar-refractivity contribution in [2.24, 2.45) is 0 Å². The van der Waals surface area contributed by atoms with Crippen molar-refractivity contribution in [2.45, 2.75) is 12.6 Å². The Morgan fingerprint density at radius 3 is 2.50 bits per heavy atom. The van der Waals surface area contributed by atoms with Crippen molar-refractivity contribution in [3.8, 4) is 11.5 Å². The van der Waals surface area contributed by atoms with Crippen LogP contribution in [0.25, 0.3) is 0 Å². The summed E-state index contributed by atoms with van der Waals surface area (Å²) in [7, 11) is 0. The first-order valence-electron chi connectivity index (χ1n) is 10.5. The molecule has 32 heavy (non-hydrogen) atoms. The van der Waals surface area contributed by atoms with E-state index in [-0.39, 0.29) is 17.8 Å². The van der Waals surface area contributed by atoms with E-state index in [0.29, 0.717) is 18.8 Å². The van der Waals surface area contributed by atoms with E-state index in [2.05, 4.69) is 9.88 Å². The zero-order chi connectivity index (χ0) is 21.9. The molecule has 0 radical (unpaired) electrons. The van der Waals surface area contributed by atoms with Crippen LogP contribution in [0.1, 0.15) is 17.3 Å². The van der Waals surface area contributed by atoms with E-state index in [9.17, 15) is 9.18 Å². The Bertz CT molecular complexity index is 1240. The SMILES string of the molecule is O=C(Nc1ccccc1F)N1CCn2cccc2C1c1cccc(Oc2ccccc2)c1. The molecular formula is C26H22FN3O2. The van der Waals surface area contributed by atoms with Gasteiger partial charge in [0.2, 0.25) is 0 Å². The Morgan fingerprint density at radius 2 is 1.66 bits per heavy atom. The summed E-state index contributed by atoms with van der Waals surface area (Å²) in [5.41, 5.74) is 2.08. The fourth-order valence-electron chi connectivity index (χ4n) is 4.08. The lowest BCUT2D eigenvalue weighted by atomic mass is 10.00. The number of urea groups is 1. The number of ether oxygens (including phenoxy) is 1. The maximum absolute atomic E-state index is 14.1. The van der Waals surface area contributed by atoms with Crippen LogP contribution in [0.15, 0.2) is 97.2 Å². The number of halogens is 1. The number of amides is 2. The Hall–Kier alpha value is -4.06. The molecule has 2 amide bonds. The van der Waals surface area contributed by atoms with Crippen LogP contribution in [0.4, 0.5) is 14.9 Å². The third-order valence-electron chi connectivity index (χ3n) is 5.57. The maximum atomic E-state index is 14.1. The minimum atomic E-state index is -0.462. The average molecular weight is 427 g/mol. The molecule has 1 aliphatic rings. The molecule has 0 saturated heterocycles. The van der Waals surface area contributed by atoms with Crippen LogP contribution in [0.3, 0.4) is 0 Å². The van der Waals surface area contributed by atoms with Crippen LogP contribution in [0.5, 0.6) is 11.5 Å². The second-order valence-electron chi connectivity index (χ2n) is 7.62. The van der Waals surface area contributed by atoms with Crippen molar-refractivity contribution in [3.05, 3.63) is 114 Å². The number of carbonyl (C=O) groups is 1. The number of benzene rings is 3. The molecule has 0 aliphatic carbocycles. The van der Waals surface area contributed by atoms with Crippen LogP contribution in [-0.2, 0) is 6.54 Å². The highest BCUT2D eigenvalue weighted by atomic mass is 19.1. The van der Waals surface area contributed by atoms with Gasteiger partial charge in [-0.3, -0.25) is 0 Å². The van der Waals surface area contributed by atoms with Crippen LogP contribution in [-0.4, -0.2) is 22.0 Å². The van der Waals surface area contributed by atoms with Gasteiger partial charge in [0.15, 0.2) is 0 Å². The highest BCUT2D eigenvalue weighted by Crippen LogP contribution is 2.35. The molecule has 4 aromatic rings. The number of rotatable bonds is 4. The Morgan fingerprint density at radius 1 is 0.875 bits per heavy atom. The number of nitrogens with one attached hydrogen (secondary N) is 1. The van der Waals surface area contributed by atoms with Gasteiger partial charge in [-0.05, 0) is 54.1 Å². The molecule has 1 aliphatic heterocycles. The molecule has 0 spiro atoms. The number of nitrogens with zero attached hydrogens (tertiary/aromatic N) is 2. The molecule has 0 saturated carbocycles. The van der Waals surface area contributed by atoms with E-state index in [0.717, 1.165) is 17.0 Å². The first-order valence-corrected chi connectivity index (χ1v) is 10.5. The third kappa shape index (κ3) is 3.95. The van der Waals surface area contributed by atoms with Crippen LogP contribution >= 0.6 is 0 Å². The average Bonchev–Trinajstić information content (AvgIpc) is 3.30. The Labute approximate surface area is 185 Å². The van der Waals surface area contributed by atoms with Gasteiger partial charge in [-0.25, -0.2) is 9.18 Å². The highest BCUT2D eigenvalue weighted by Gasteiger charge is 2.32. The lowest BCUT2D eigenvalue weighted by Crippen LogP contribution is -2.44. The summed E-state index contributed by atoms with van der Waals surface area (Å²) in [5.74, 6) is 0.966. The normalized spacial score (nSPS) is 15.2. The lowest BCUT2D eigenvalue weighted by molar-refractivity contribution is 0.181. The number of hydrogen-bond donors (Lipinski definition) is 1. The quantitative estimate of drug-likeness (QED) is 0.431. The van der Waals surface area contributed by atoms with Gasteiger partial charge < -0.3 is 19.5 Å². The topological polar surface area (TPSA) is 46.5 Å². The summed E-state index contributed by atoms with van der Waals surface area (Å²) < 4.78 is 22.3. The van der Waals surface area contributed by atoms with Crippen LogP contribution < -0.4 is 10.1 Å². The summed E-state index contributed by atoms with van der Waals surface area (Å²) in [5, 5.41) is 2.73. The molecule has 6 heteroatoms. The zero-order valence-electron chi connectivity index (χ0n) is 17.3. The summed E-state index contributed by atoms with van der Waals surface area (Å²) in [4.78, 5) is 15.0. The lowest BCUT2D eigenvalue weighted by Gasteiger charge is -2.37. The Kier molecular flexibility index (Phi) is 5.34. The van der Waals surface area contributed by atoms with Gasteiger partial charge in [0.05, 0.1) is 11.7 Å².